The van der Waals surface area contributed by atoms with Gasteiger partial charge in [0, 0.05) is 7.11 Å². The van der Waals surface area contributed by atoms with Crippen LogP contribution in [0.3, 0.4) is 0 Å². The average molecular weight is 106 g/mol. The van der Waals surface area contributed by atoms with Gasteiger partial charge in [0.15, 0.2) is 0 Å². The van der Waals surface area contributed by atoms with Gasteiger partial charge in [0.05, 0.1) is 0 Å². The summed E-state index contributed by atoms with van der Waals surface area (Å²) < 4.78 is 4.38. The fraction of sp³-hybridized carbons (Fsp3) is 0.667. The smallest absolute Gasteiger partial charge is 0.211 e. The van der Waals surface area contributed by atoms with E-state index in [0.29, 0.717) is 0 Å². The molecular weight excluding hydrogens is 100 g/mol. The molecule has 3 heteroatoms. The molecular formula is C3H6O2S. The van der Waals surface area contributed by atoms with E-state index in [0.717, 1.165) is 0 Å². The van der Waals surface area contributed by atoms with Crippen molar-refractivity contribution in [3.8, 4) is 0 Å². The Bertz CT molecular complexity index is 52.8. The van der Waals surface area contributed by atoms with Gasteiger partial charge in [-0.05, 0) is 0 Å². The average Bonchev–Trinajstić information content (AvgIpc) is 1.35. The van der Waals surface area contributed by atoms with Crippen molar-refractivity contribution < 1.29 is 9.53 Å². The zero-order valence-corrected chi connectivity index (χ0v) is 4.37. The summed E-state index contributed by atoms with van der Waals surface area (Å²) in [6, 6.07) is 0. The van der Waals surface area contributed by atoms with Crippen molar-refractivity contribution in [3.63, 3.8) is 0 Å². The standard InChI is InChI=1S/C3H6O2S/c1-5-2-3(4)6/h2H2,1H3,(H,4,6). The van der Waals surface area contributed by atoms with Crippen LogP contribution in [-0.4, -0.2) is 18.8 Å². The summed E-state index contributed by atoms with van der Waals surface area (Å²) in [6.45, 7) is 0.100. The minimum atomic E-state index is -0.238. The summed E-state index contributed by atoms with van der Waals surface area (Å²) >= 11 is 3.41. The maximum Gasteiger partial charge on any atom is 0.211 e. The van der Waals surface area contributed by atoms with Crippen LogP contribution in [0.25, 0.3) is 0 Å². The lowest BCUT2D eigenvalue weighted by Gasteiger charge is -1.84. The van der Waals surface area contributed by atoms with E-state index in [1.165, 1.54) is 7.11 Å². The number of methoxy groups -OCH3 is 1. The summed E-state index contributed by atoms with van der Waals surface area (Å²) in [5, 5.41) is -0.238. The fourth-order valence-electron chi connectivity index (χ4n) is 0.123. The monoisotopic (exact) mass is 106 g/mol. The highest BCUT2D eigenvalue weighted by molar-refractivity contribution is 7.96. The van der Waals surface area contributed by atoms with Crippen molar-refractivity contribution in [2.45, 2.75) is 0 Å². The first-order chi connectivity index (χ1) is 2.77. The summed E-state index contributed by atoms with van der Waals surface area (Å²) in [5.74, 6) is 0. The van der Waals surface area contributed by atoms with Gasteiger partial charge in [0.1, 0.15) is 6.61 Å². The largest absolute Gasteiger partial charge is 0.376 e. The number of hydrogen-bond acceptors (Lipinski definition) is 2. The molecule has 0 heterocycles. The van der Waals surface area contributed by atoms with E-state index in [2.05, 4.69) is 17.4 Å². The lowest BCUT2D eigenvalue weighted by atomic mass is 10.8. The predicted molar refractivity (Wildman–Crippen MR) is 25.9 cm³/mol. The van der Waals surface area contributed by atoms with Crippen molar-refractivity contribution >= 4 is 17.7 Å². The number of ether oxygens (including phenoxy) is 1. The molecule has 0 aromatic rings. The number of hydrogen-bond donors (Lipinski definition) is 1. The first-order valence-corrected chi connectivity index (χ1v) is 1.93. The fourth-order valence-corrected chi connectivity index (χ4v) is 0.253. The Morgan fingerprint density at radius 3 is 2.50 bits per heavy atom. The number of carbonyl (C=O) groups is 1. The van der Waals surface area contributed by atoms with Crippen LogP contribution >= 0.6 is 12.6 Å². The number of carbonyl (C=O) groups excluding carboxylic acids is 1. The molecule has 0 unspecified atom stereocenters. The highest BCUT2D eigenvalue weighted by Crippen LogP contribution is 1.75. The molecule has 0 saturated carbocycles. The lowest BCUT2D eigenvalue weighted by Crippen LogP contribution is -1.95. The minimum Gasteiger partial charge on any atom is -0.376 e. The number of thiol groups is 1. The van der Waals surface area contributed by atoms with Crippen molar-refractivity contribution in [2.24, 2.45) is 0 Å². The Morgan fingerprint density at radius 1 is 2.00 bits per heavy atom. The Labute approximate surface area is 41.9 Å². The van der Waals surface area contributed by atoms with Crippen LogP contribution in [0.1, 0.15) is 0 Å². The molecule has 2 nitrogen and oxygen atoms in total. The van der Waals surface area contributed by atoms with Crippen LogP contribution in [0.2, 0.25) is 0 Å². The molecule has 0 atom stereocenters. The van der Waals surface area contributed by atoms with Crippen LogP contribution in [0.4, 0.5) is 0 Å². The molecule has 0 fully saturated rings. The first kappa shape index (κ1) is 5.98. The lowest BCUT2D eigenvalue weighted by molar-refractivity contribution is -0.114. The summed E-state index contributed by atoms with van der Waals surface area (Å²) in [4.78, 5) is 9.78. The van der Waals surface area contributed by atoms with Crippen LogP contribution in [0, 0.1) is 0 Å². The first-order valence-electron chi connectivity index (χ1n) is 1.48. The Kier molecular flexibility index (Phi) is 3.17. The summed E-state index contributed by atoms with van der Waals surface area (Å²) in [6.07, 6.45) is 0. The van der Waals surface area contributed by atoms with Crippen molar-refractivity contribution in [1.82, 2.24) is 0 Å². The Morgan fingerprint density at radius 2 is 2.50 bits per heavy atom. The molecule has 0 aromatic carbocycles. The molecule has 0 radical (unpaired) electrons. The van der Waals surface area contributed by atoms with Gasteiger partial charge in [-0.25, -0.2) is 0 Å². The van der Waals surface area contributed by atoms with Gasteiger partial charge in [0.25, 0.3) is 0 Å². The van der Waals surface area contributed by atoms with Gasteiger partial charge >= 0.3 is 0 Å². The zero-order chi connectivity index (χ0) is 4.99. The third kappa shape index (κ3) is 3.98. The second kappa shape index (κ2) is 3.18. The molecule has 0 saturated heterocycles. The predicted octanol–water partition coefficient (Wildman–Crippen LogP) is 0.0892. The van der Waals surface area contributed by atoms with Crippen molar-refractivity contribution in [1.29, 1.82) is 0 Å². The van der Waals surface area contributed by atoms with E-state index < -0.39 is 0 Å². The molecule has 0 aliphatic rings. The van der Waals surface area contributed by atoms with E-state index in [4.69, 9.17) is 0 Å². The third-order valence-electron chi connectivity index (χ3n) is 0.268. The quantitative estimate of drug-likeness (QED) is 0.505. The SMILES string of the molecule is COCC(=O)S. The van der Waals surface area contributed by atoms with Crippen molar-refractivity contribution in [2.75, 3.05) is 13.7 Å². The van der Waals surface area contributed by atoms with Gasteiger partial charge in [-0.1, -0.05) is 0 Å². The third-order valence-corrected chi connectivity index (χ3v) is 0.397. The zero-order valence-electron chi connectivity index (χ0n) is 3.47. The Balaban J connectivity index is 2.83. The van der Waals surface area contributed by atoms with E-state index >= 15 is 0 Å². The summed E-state index contributed by atoms with van der Waals surface area (Å²) in [7, 11) is 1.45. The van der Waals surface area contributed by atoms with Gasteiger partial charge in [-0.3, -0.25) is 4.79 Å². The van der Waals surface area contributed by atoms with Gasteiger partial charge in [-0.2, -0.15) is 0 Å². The van der Waals surface area contributed by atoms with Gasteiger partial charge in [-0.15, -0.1) is 12.6 Å². The molecule has 0 aromatic heterocycles. The van der Waals surface area contributed by atoms with Crippen LogP contribution in [-0.2, 0) is 9.53 Å². The number of rotatable bonds is 2. The molecule has 0 aliphatic carbocycles. The van der Waals surface area contributed by atoms with Crippen LogP contribution < -0.4 is 0 Å². The van der Waals surface area contributed by atoms with E-state index in [1.54, 1.807) is 0 Å². The molecule has 0 bridgehead atoms. The normalized spacial score (nSPS) is 8.33. The highest BCUT2D eigenvalue weighted by atomic mass is 32.1. The molecule has 0 aliphatic heterocycles. The maximum absolute atomic E-state index is 9.78. The molecule has 0 N–H and O–H groups in total. The molecule has 36 valence electrons. The van der Waals surface area contributed by atoms with E-state index in [9.17, 15) is 4.79 Å². The Hall–Kier alpha value is -0.0200. The molecule has 0 spiro atoms. The topological polar surface area (TPSA) is 26.3 Å². The van der Waals surface area contributed by atoms with E-state index in [-0.39, 0.29) is 11.7 Å². The molecule has 0 amide bonds. The second-order valence-electron chi connectivity index (χ2n) is 0.827. The van der Waals surface area contributed by atoms with E-state index in [1.807, 2.05) is 0 Å². The minimum absolute atomic E-state index is 0.100. The van der Waals surface area contributed by atoms with Crippen LogP contribution in [0.5, 0.6) is 0 Å². The molecule has 6 heavy (non-hydrogen) atoms. The molecule has 0 rings (SSSR count). The highest BCUT2D eigenvalue weighted by Gasteiger charge is 1.85. The van der Waals surface area contributed by atoms with Crippen LogP contribution in [0.15, 0.2) is 0 Å². The van der Waals surface area contributed by atoms with Gasteiger partial charge in [0.2, 0.25) is 5.12 Å². The van der Waals surface area contributed by atoms with Gasteiger partial charge < -0.3 is 4.74 Å². The summed E-state index contributed by atoms with van der Waals surface area (Å²) in [5.41, 5.74) is 0. The second-order valence-corrected chi connectivity index (χ2v) is 1.33. The van der Waals surface area contributed by atoms with Crippen molar-refractivity contribution in [3.05, 3.63) is 0 Å². The maximum atomic E-state index is 9.78.